The lowest BCUT2D eigenvalue weighted by atomic mass is 10.0. The summed E-state index contributed by atoms with van der Waals surface area (Å²) in [4.78, 5) is 94.9. The van der Waals surface area contributed by atoms with Crippen LogP contribution in [0.5, 0.6) is 0 Å². The second kappa shape index (κ2) is 21.3. The first-order valence-electron chi connectivity index (χ1n) is 25.6. The topological polar surface area (TPSA) is 194 Å². The monoisotopic (exact) mass is 1120 g/mol. The summed E-state index contributed by atoms with van der Waals surface area (Å²) in [5, 5.41) is 2.57. The minimum Gasteiger partial charge on any atom is -0.327 e. The highest BCUT2D eigenvalue weighted by atomic mass is 19.4. The highest BCUT2D eigenvalue weighted by Gasteiger charge is 2.56. The first-order valence-corrected chi connectivity index (χ1v) is 25.6. The van der Waals surface area contributed by atoms with Gasteiger partial charge in [0.2, 0.25) is 0 Å². The maximum absolute atomic E-state index is 16.4. The Bertz CT molecular complexity index is 3650. The number of Topliss-reactive ketones (excluding diaryl/α,β-unsaturated/α-hetero) is 2. The van der Waals surface area contributed by atoms with E-state index in [0.29, 0.717) is 59.1 Å². The summed E-state index contributed by atoms with van der Waals surface area (Å²) in [6.45, 7) is -3.67. The summed E-state index contributed by atoms with van der Waals surface area (Å²) in [6, 6.07) is 17.9. The molecule has 0 saturated carbocycles. The zero-order valence-electron chi connectivity index (χ0n) is 43.1. The highest BCUT2D eigenvalue weighted by Crippen LogP contribution is 2.49. The quantitative estimate of drug-likeness (QED) is 0.114. The van der Waals surface area contributed by atoms with Gasteiger partial charge in [-0.2, -0.15) is 26.3 Å². The molecular weight excluding hydrogens is 1060 g/mol. The molecule has 6 heterocycles. The fourth-order valence-corrected chi connectivity index (χ4v) is 11.4. The molecule has 80 heavy (non-hydrogen) atoms. The van der Waals surface area contributed by atoms with E-state index < -0.39 is 154 Å². The molecule has 10 rings (SSSR count). The SMILES string of the molecule is Cn1c2c(c(=O)n(CC(=O)c3ccccc3)c1=O)N(Cc1cc(C(F)(F)F)ccc1F)C(N1CCCC(N)C1)N2N1c2c(c(=O)n(CC(=O)c3ccccc3)c(=O)n2C)N(Cc2c(F)cccc2C(F)(F)F)C1N1CCCC(N)C1. The molecule has 26 heteroatoms. The first-order chi connectivity index (χ1) is 38.0. The van der Waals surface area contributed by atoms with Crippen molar-refractivity contribution in [1.82, 2.24) is 28.1 Å². The number of hydrogen-bond donors (Lipinski definition) is 2. The predicted octanol–water partition coefficient (Wildman–Crippen LogP) is 5.17. The molecule has 0 amide bonds. The Morgan fingerprint density at radius 3 is 1.48 bits per heavy atom. The largest absolute Gasteiger partial charge is 0.416 e. The Kier molecular flexibility index (Phi) is 14.7. The Morgan fingerprint density at radius 1 is 0.575 bits per heavy atom. The Balaban J connectivity index is 1.30. The number of halogens is 8. The van der Waals surface area contributed by atoms with Crippen molar-refractivity contribution in [3.8, 4) is 0 Å². The smallest absolute Gasteiger partial charge is 0.327 e. The van der Waals surface area contributed by atoms with Gasteiger partial charge in [0, 0.05) is 81.2 Å². The molecule has 0 aliphatic carbocycles. The average molecular weight is 1120 g/mol. The number of carbonyl (C=O) groups excluding carboxylic acids is 2. The van der Waals surface area contributed by atoms with Gasteiger partial charge >= 0.3 is 23.7 Å². The van der Waals surface area contributed by atoms with Crippen molar-refractivity contribution in [2.24, 2.45) is 25.6 Å². The number of hydrogen-bond acceptors (Lipinski definition) is 14. The average Bonchev–Trinajstić information content (AvgIpc) is 3.72. The van der Waals surface area contributed by atoms with E-state index in [1.54, 1.807) is 46.2 Å². The molecule has 4 aliphatic rings. The third kappa shape index (κ3) is 9.97. The molecule has 2 fully saturated rings. The number of anilines is 4. The predicted molar refractivity (Wildman–Crippen MR) is 279 cm³/mol. The number of nitrogens with two attached hydrogens (primary N) is 2. The zero-order valence-corrected chi connectivity index (χ0v) is 43.1. The molecule has 2 aromatic heterocycles. The zero-order chi connectivity index (χ0) is 57.3. The second-order valence-corrected chi connectivity index (χ2v) is 20.4. The van der Waals surface area contributed by atoms with Crippen LogP contribution >= 0.6 is 0 Å². The highest BCUT2D eigenvalue weighted by molar-refractivity contribution is 5.96. The Morgan fingerprint density at radius 2 is 1.04 bits per heavy atom. The molecule has 0 radical (unpaired) electrons. The van der Waals surface area contributed by atoms with Crippen molar-refractivity contribution in [3.05, 3.63) is 184 Å². The maximum atomic E-state index is 16.4. The standard InChI is InChI=1S/C54H54F8N12O6/c1-65-45-43(47(77)71(51(65)79)29-41(75)31-12-5-3-6-13-31)69(25-33-24-34(53(57,58)59)20-21-39(33)55)49(67-22-10-16-35(63)26-67)73(45)74-46-44(48(78)72(52(80)66(46)2)30-42(76)32-14-7-4-8-15-32)70(50(74)68-23-11-17-36(64)27-68)28-37-38(54(60,61)62)18-9-19-40(37)56/h3-9,12-15,18-21,24,35-36,49-50H,10-11,16-17,22-23,25-30,63-64H2,1-2H3. The van der Waals surface area contributed by atoms with Gasteiger partial charge in [0.25, 0.3) is 11.1 Å². The molecule has 18 nitrogen and oxygen atoms in total. The first kappa shape index (κ1) is 55.4. The summed E-state index contributed by atoms with van der Waals surface area (Å²) in [7, 11) is 2.42. The van der Waals surface area contributed by atoms with Gasteiger partial charge in [-0.05, 0) is 56.0 Å². The van der Waals surface area contributed by atoms with E-state index in [-0.39, 0.29) is 37.3 Å². The number of rotatable bonds is 13. The number of piperidine rings is 2. The second-order valence-electron chi connectivity index (χ2n) is 20.4. The van der Waals surface area contributed by atoms with Crippen molar-refractivity contribution in [1.29, 1.82) is 0 Å². The van der Waals surface area contributed by atoms with Crippen LogP contribution in [0.4, 0.5) is 58.1 Å². The van der Waals surface area contributed by atoms with E-state index in [9.17, 15) is 22.8 Å². The third-order valence-electron chi connectivity index (χ3n) is 15.1. The van der Waals surface area contributed by atoms with Crippen molar-refractivity contribution in [2.75, 3.05) is 46.0 Å². The molecule has 422 valence electrons. The van der Waals surface area contributed by atoms with E-state index in [1.165, 1.54) is 53.3 Å². The molecule has 4 aliphatic heterocycles. The normalized spacial score (nSPS) is 19.9. The van der Waals surface area contributed by atoms with Gasteiger partial charge in [0.1, 0.15) is 23.0 Å². The molecule has 0 bridgehead atoms. The number of hydrazine groups is 1. The Labute approximate surface area is 450 Å². The van der Waals surface area contributed by atoms with Crippen molar-refractivity contribution in [3.63, 3.8) is 0 Å². The molecule has 4 atom stereocenters. The van der Waals surface area contributed by atoms with Crippen LogP contribution in [-0.2, 0) is 52.6 Å². The van der Waals surface area contributed by atoms with Crippen LogP contribution in [0.3, 0.4) is 0 Å². The van der Waals surface area contributed by atoms with E-state index in [2.05, 4.69) is 0 Å². The van der Waals surface area contributed by atoms with Gasteiger partial charge in [-0.1, -0.05) is 66.7 Å². The molecule has 6 aromatic rings. The molecule has 2 saturated heterocycles. The Hall–Kier alpha value is -7.94. The number of alkyl halides is 6. The minimum atomic E-state index is -5.18. The number of benzene rings is 4. The number of aromatic nitrogens is 4. The summed E-state index contributed by atoms with van der Waals surface area (Å²) in [6.07, 6.45) is -11.9. The fraction of sp³-hybridized carbons (Fsp3) is 0.370. The fourth-order valence-electron chi connectivity index (χ4n) is 11.4. The molecule has 0 spiro atoms. The van der Waals surface area contributed by atoms with Crippen LogP contribution in [-0.4, -0.2) is 90.5 Å². The summed E-state index contributed by atoms with van der Waals surface area (Å²) < 4.78 is 125. The molecule has 4 aromatic carbocycles. The molecule has 4 N–H and O–H groups in total. The number of likely N-dealkylation sites (tertiary alicyclic amines) is 2. The van der Waals surface area contributed by atoms with Crippen LogP contribution in [0.25, 0.3) is 0 Å². The van der Waals surface area contributed by atoms with E-state index in [4.69, 9.17) is 11.5 Å². The number of carbonyl (C=O) groups is 2. The van der Waals surface area contributed by atoms with Crippen LogP contribution in [0, 0.1) is 11.6 Å². The molecule has 4 unspecified atom stereocenters. The molecular formula is C54H54F8N12O6. The minimum absolute atomic E-state index is 0.0542. The summed E-state index contributed by atoms with van der Waals surface area (Å²) >= 11 is 0. The number of fused-ring (bicyclic) bond motifs is 2. The van der Waals surface area contributed by atoms with Crippen LogP contribution in [0.2, 0.25) is 0 Å². The summed E-state index contributed by atoms with van der Waals surface area (Å²) in [5.74, 6) is -4.72. The third-order valence-corrected chi connectivity index (χ3v) is 15.1. The van der Waals surface area contributed by atoms with Gasteiger partial charge in [0.05, 0.1) is 30.8 Å². The number of ketones is 2. The van der Waals surface area contributed by atoms with Gasteiger partial charge in [-0.3, -0.25) is 47.2 Å². The summed E-state index contributed by atoms with van der Waals surface area (Å²) in [5.41, 5.74) is 3.55. The van der Waals surface area contributed by atoms with Gasteiger partial charge in [-0.25, -0.2) is 28.4 Å². The lowest BCUT2D eigenvalue weighted by Crippen LogP contribution is -2.69. The van der Waals surface area contributed by atoms with Crippen LogP contribution in [0.1, 0.15) is 68.7 Å². The van der Waals surface area contributed by atoms with Gasteiger partial charge in [0.15, 0.2) is 35.8 Å². The maximum Gasteiger partial charge on any atom is 0.416 e. The van der Waals surface area contributed by atoms with E-state index in [1.807, 2.05) is 0 Å². The lowest BCUT2D eigenvalue weighted by Gasteiger charge is -2.50. The number of nitrogens with zero attached hydrogens (tertiary/aromatic N) is 10. The van der Waals surface area contributed by atoms with Crippen LogP contribution < -0.4 is 53.8 Å². The van der Waals surface area contributed by atoms with Gasteiger partial charge < -0.3 is 21.3 Å². The van der Waals surface area contributed by atoms with Crippen molar-refractivity contribution < 1.29 is 44.7 Å². The van der Waals surface area contributed by atoms with Crippen molar-refractivity contribution >= 4 is 34.6 Å². The lowest BCUT2D eigenvalue weighted by molar-refractivity contribution is -0.139. The van der Waals surface area contributed by atoms with Crippen LogP contribution in [0.15, 0.2) is 116 Å². The van der Waals surface area contributed by atoms with Crippen molar-refractivity contribution in [2.45, 2.75) is 88.9 Å². The van der Waals surface area contributed by atoms with Gasteiger partial charge in [-0.15, -0.1) is 0 Å². The van der Waals surface area contributed by atoms with E-state index in [0.717, 1.165) is 26.2 Å². The van der Waals surface area contributed by atoms with E-state index >= 15 is 41.1 Å².